The highest BCUT2D eigenvalue weighted by molar-refractivity contribution is 7.89. The Kier molecular flexibility index (Phi) is 6.12. The molecule has 1 amide bonds. The Morgan fingerprint density at radius 1 is 1.29 bits per heavy atom. The van der Waals surface area contributed by atoms with E-state index in [-0.39, 0.29) is 23.7 Å². The monoisotopic (exact) mass is 264 g/mol. The first-order valence-electron chi connectivity index (χ1n) is 5.83. The van der Waals surface area contributed by atoms with E-state index in [0.29, 0.717) is 6.42 Å². The molecule has 0 spiro atoms. The average Bonchev–Trinajstić information content (AvgIpc) is 2.11. The van der Waals surface area contributed by atoms with Gasteiger partial charge in [0.1, 0.15) is 0 Å². The van der Waals surface area contributed by atoms with Crippen LogP contribution in [-0.2, 0) is 14.8 Å². The van der Waals surface area contributed by atoms with Gasteiger partial charge in [-0.3, -0.25) is 4.79 Å². The number of carbonyl (C=O) groups is 1. The number of nitrogens with zero attached hydrogens (tertiary/aromatic N) is 1. The predicted molar refractivity (Wildman–Crippen MR) is 69.2 cm³/mol. The molecule has 1 N–H and O–H groups in total. The van der Waals surface area contributed by atoms with Gasteiger partial charge < -0.3 is 5.32 Å². The zero-order valence-electron chi connectivity index (χ0n) is 11.4. The van der Waals surface area contributed by atoms with Gasteiger partial charge in [-0.25, -0.2) is 8.42 Å². The summed E-state index contributed by atoms with van der Waals surface area (Å²) in [4.78, 5) is 11.6. The SMILES string of the molecule is CCCCS(=O)(=O)N(C)CC(=O)NC(C)(C)C. The van der Waals surface area contributed by atoms with Crippen molar-refractivity contribution in [3.63, 3.8) is 0 Å². The highest BCUT2D eigenvalue weighted by Gasteiger charge is 2.21. The molecule has 0 saturated heterocycles. The lowest BCUT2D eigenvalue weighted by Crippen LogP contribution is -2.46. The van der Waals surface area contributed by atoms with E-state index in [1.807, 2.05) is 27.7 Å². The fourth-order valence-electron chi connectivity index (χ4n) is 1.24. The number of rotatable bonds is 6. The van der Waals surface area contributed by atoms with E-state index in [9.17, 15) is 13.2 Å². The molecule has 0 atom stereocenters. The first-order valence-corrected chi connectivity index (χ1v) is 7.44. The predicted octanol–water partition coefficient (Wildman–Crippen LogP) is 0.963. The van der Waals surface area contributed by atoms with Gasteiger partial charge in [-0.05, 0) is 27.2 Å². The Labute approximate surface area is 105 Å². The number of sulfonamides is 1. The van der Waals surface area contributed by atoms with Crippen molar-refractivity contribution in [3.8, 4) is 0 Å². The lowest BCUT2D eigenvalue weighted by Gasteiger charge is -2.23. The van der Waals surface area contributed by atoms with Crippen LogP contribution < -0.4 is 5.32 Å². The standard InChI is InChI=1S/C11H24N2O3S/c1-6-7-8-17(15,16)13(5)9-10(14)12-11(2,3)4/h6-9H2,1-5H3,(H,12,14). The molecule has 5 nitrogen and oxygen atoms in total. The molecule has 0 aliphatic rings. The van der Waals surface area contributed by atoms with Crippen LogP contribution in [0.2, 0.25) is 0 Å². The minimum atomic E-state index is -3.30. The Morgan fingerprint density at radius 3 is 2.24 bits per heavy atom. The number of amides is 1. The van der Waals surface area contributed by atoms with Crippen molar-refractivity contribution in [1.29, 1.82) is 0 Å². The Bertz CT molecular complexity index is 344. The summed E-state index contributed by atoms with van der Waals surface area (Å²) in [5, 5.41) is 2.73. The number of unbranched alkanes of at least 4 members (excludes halogenated alkanes) is 1. The maximum atomic E-state index is 11.7. The summed E-state index contributed by atoms with van der Waals surface area (Å²) in [6.07, 6.45) is 1.44. The molecule has 0 fully saturated rings. The molecular formula is C11H24N2O3S. The van der Waals surface area contributed by atoms with Gasteiger partial charge in [0.05, 0.1) is 12.3 Å². The van der Waals surface area contributed by atoms with Crippen LogP contribution in [0.5, 0.6) is 0 Å². The summed E-state index contributed by atoms with van der Waals surface area (Å²) in [6.45, 7) is 7.38. The Balaban J connectivity index is 4.34. The topological polar surface area (TPSA) is 66.5 Å². The zero-order chi connectivity index (χ0) is 13.7. The molecule has 0 rings (SSSR count). The number of hydrogen-bond donors (Lipinski definition) is 1. The third-order valence-corrected chi connectivity index (χ3v) is 3.99. The number of carbonyl (C=O) groups excluding carboxylic acids is 1. The molecule has 0 aliphatic carbocycles. The molecule has 102 valence electrons. The van der Waals surface area contributed by atoms with Gasteiger partial charge in [-0.15, -0.1) is 0 Å². The molecule has 0 heterocycles. The second-order valence-corrected chi connectivity index (χ2v) is 7.42. The fraction of sp³-hybridized carbons (Fsp3) is 0.909. The lowest BCUT2D eigenvalue weighted by molar-refractivity contribution is -0.122. The van der Waals surface area contributed by atoms with Crippen molar-refractivity contribution in [3.05, 3.63) is 0 Å². The summed E-state index contributed by atoms with van der Waals surface area (Å²) in [5.41, 5.74) is -0.342. The molecule has 17 heavy (non-hydrogen) atoms. The van der Waals surface area contributed by atoms with E-state index in [1.165, 1.54) is 7.05 Å². The fourth-order valence-corrected chi connectivity index (χ4v) is 2.52. The third-order valence-electron chi connectivity index (χ3n) is 2.11. The quantitative estimate of drug-likeness (QED) is 0.777. The molecule has 0 aliphatic heterocycles. The maximum absolute atomic E-state index is 11.7. The molecule has 0 radical (unpaired) electrons. The normalized spacial score (nSPS) is 12.8. The van der Waals surface area contributed by atoms with Crippen molar-refractivity contribution in [2.45, 2.75) is 46.1 Å². The van der Waals surface area contributed by atoms with Crippen molar-refractivity contribution in [2.75, 3.05) is 19.3 Å². The van der Waals surface area contributed by atoms with Gasteiger partial charge in [-0.1, -0.05) is 13.3 Å². The largest absolute Gasteiger partial charge is 0.350 e. The number of hydrogen-bond acceptors (Lipinski definition) is 3. The van der Waals surface area contributed by atoms with Gasteiger partial charge in [-0.2, -0.15) is 4.31 Å². The van der Waals surface area contributed by atoms with Crippen LogP contribution in [0.3, 0.4) is 0 Å². The Hall–Kier alpha value is -0.620. The van der Waals surface area contributed by atoms with Crippen molar-refractivity contribution >= 4 is 15.9 Å². The summed E-state index contributed by atoms with van der Waals surface area (Å²) in [5.74, 6) is -0.178. The molecule has 0 saturated carbocycles. The van der Waals surface area contributed by atoms with Crippen LogP contribution in [0.4, 0.5) is 0 Å². The minimum Gasteiger partial charge on any atom is -0.350 e. The van der Waals surface area contributed by atoms with Crippen molar-refractivity contribution < 1.29 is 13.2 Å². The van der Waals surface area contributed by atoms with E-state index < -0.39 is 10.0 Å². The van der Waals surface area contributed by atoms with E-state index >= 15 is 0 Å². The molecule has 0 aromatic carbocycles. The Morgan fingerprint density at radius 2 is 1.82 bits per heavy atom. The van der Waals surface area contributed by atoms with Gasteiger partial charge in [0.15, 0.2) is 0 Å². The summed E-state index contributed by atoms with van der Waals surface area (Å²) in [6, 6.07) is 0. The van der Waals surface area contributed by atoms with E-state index in [4.69, 9.17) is 0 Å². The van der Waals surface area contributed by atoms with Gasteiger partial charge in [0.2, 0.25) is 15.9 Å². The summed E-state index contributed by atoms with van der Waals surface area (Å²) in [7, 11) is -1.86. The van der Waals surface area contributed by atoms with E-state index in [1.54, 1.807) is 0 Å². The van der Waals surface area contributed by atoms with Crippen molar-refractivity contribution in [1.82, 2.24) is 9.62 Å². The second kappa shape index (κ2) is 6.35. The van der Waals surface area contributed by atoms with E-state index in [2.05, 4.69) is 5.32 Å². The third kappa shape index (κ3) is 7.33. The van der Waals surface area contributed by atoms with Gasteiger partial charge in [0.25, 0.3) is 0 Å². The summed E-state index contributed by atoms with van der Waals surface area (Å²) >= 11 is 0. The van der Waals surface area contributed by atoms with Gasteiger partial charge >= 0.3 is 0 Å². The highest BCUT2D eigenvalue weighted by atomic mass is 32.2. The zero-order valence-corrected chi connectivity index (χ0v) is 12.2. The molecular weight excluding hydrogens is 240 g/mol. The summed E-state index contributed by atoms with van der Waals surface area (Å²) < 4.78 is 24.6. The molecule has 0 aromatic rings. The second-order valence-electron chi connectivity index (χ2n) is 5.22. The molecule has 0 unspecified atom stereocenters. The van der Waals surface area contributed by atoms with Crippen LogP contribution in [0.25, 0.3) is 0 Å². The van der Waals surface area contributed by atoms with Gasteiger partial charge in [0, 0.05) is 12.6 Å². The van der Waals surface area contributed by atoms with Crippen molar-refractivity contribution in [2.24, 2.45) is 0 Å². The minimum absolute atomic E-state index is 0.1000. The van der Waals surface area contributed by atoms with Crippen LogP contribution in [0.1, 0.15) is 40.5 Å². The molecule has 6 heteroatoms. The van der Waals surface area contributed by atoms with Crippen LogP contribution in [0, 0.1) is 0 Å². The number of likely N-dealkylation sites (N-methyl/N-ethyl adjacent to an activating group) is 1. The number of nitrogens with one attached hydrogen (secondary N) is 1. The molecule has 0 bridgehead atoms. The first-order chi connectivity index (χ1) is 7.58. The lowest BCUT2D eigenvalue weighted by atomic mass is 10.1. The average molecular weight is 264 g/mol. The van der Waals surface area contributed by atoms with Crippen LogP contribution in [0.15, 0.2) is 0 Å². The smallest absolute Gasteiger partial charge is 0.235 e. The van der Waals surface area contributed by atoms with Crippen LogP contribution in [-0.4, -0.2) is 43.5 Å². The highest BCUT2D eigenvalue weighted by Crippen LogP contribution is 2.03. The van der Waals surface area contributed by atoms with E-state index in [0.717, 1.165) is 10.7 Å². The maximum Gasteiger partial charge on any atom is 0.235 e. The molecule has 0 aromatic heterocycles. The van der Waals surface area contributed by atoms with Crippen LogP contribution >= 0.6 is 0 Å². The first kappa shape index (κ1) is 16.4.